The predicted octanol–water partition coefficient (Wildman–Crippen LogP) is 3.17. The summed E-state index contributed by atoms with van der Waals surface area (Å²) in [5, 5.41) is 2.93. The molecule has 1 unspecified atom stereocenters. The van der Waals surface area contributed by atoms with Gasteiger partial charge in [-0.15, -0.1) is 0 Å². The Balaban J connectivity index is 2.00. The standard InChI is InChI=1S/C18H27NO4/c1-3-9-22-16-8-7-14(12-17(16)23-10-4-2)18(20)19-13-15-6-5-11-21-15/h7-8,12,15H,3-6,9-11,13H2,1-2H3,(H,19,20). The van der Waals surface area contributed by atoms with Gasteiger partial charge in [0.05, 0.1) is 19.3 Å². The van der Waals surface area contributed by atoms with E-state index in [0.29, 0.717) is 36.8 Å². The Labute approximate surface area is 138 Å². The van der Waals surface area contributed by atoms with Crippen LogP contribution in [0.4, 0.5) is 0 Å². The van der Waals surface area contributed by atoms with Crippen molar-refractivity contribution in [1.82, 2.24) is 5.32 Å². The van der Waals surface area contributed by atoms with Gasteiger partial charge in [-0.05, 0) is 43.9 Å². The predicted molar refractivity (Wildman–Crippen MR) is 89.3 cm³/mol. The summed E-state index contributed by atoms with van der Waals surface area (Å²) in [6, 6.07) is 5.34. The SMILES string of the molecule is CCCOc1ccc(C(=O)NCC2CCCO2)cc1OCCC. The van der Waals surface area contributed by atoms with Crippen molar-refractivity contribution in [2.75, 3.05) is 26.4 Å². The first-order valence-corrected chi connectivity index (χ1v) is 8.54. The number of hydrogen-bond donors (Lipinski definition) is 1. The van der Waals surface area contributed by atoms with Gasteiger partial charge in [0, 0.05) is 18.7 Å². The highest BCUT2D eigenvalue weighted by atomic mass is 16.5. The largest absolute Gasteiger partial charge is 0.490 e. The van der Waals surface area contributed by atoms with Gasteiger partial charge < -0.3 is 19.5 Å². The van der Waals surface area contributed by atoms with Crippen LogP contribution in [0.2, 0.25) is 0 Å². The molecule has 23 heavy (non-hydrogen) atoms. The van der Waals surface area contributed by atoms with Gasteiger partial charge in [-0.25, -0.2) is 0 Å². The van der Waals surface area contributed by atoms with E-state index in [4.69, 9.17) is 14.2 Å². The smallest absolute Gasteiger partial charge is 0.251 e. The first-order chi connectivity index (χ1) is 11.2. The summed E-state index contributed by atoms with van der Waals surface area (Å²) in [7, 11) is 0. The molecular formula is C18H27NO4. The van der Waals surface area contributed by atoms with Crippen molar-refractivity contribution in [3.8, 4) is 11.5 Å². The third-order valence-electron chi connectivity index (χ3n) is 3.64. The fraction of sp³-hybridized carbons (Fsp3) is 0.611. The lowest BCUT2D eigenvalue weighted by Crippen LogP contribution is -2.31. The molecule has 0 aliphatic carbocycles. The second-order valence-electron chi connectivity index (χ2n) is 5.70. The average Bonchev–Trinajstić information content (AvgIpc) is 3.09. The maximum Gasteiger partial charge on any atom is 0.251 e. The maximum atomic E-state index is 12.3. The maximum absolute atomic E-state index is 12.3. The summed E-state index contributed by atoms with van der Waals surface area (Å²) < 4.78 is 16.9. The molecule has 5 heteroatoms. The molecule has 1 aliphatic rings. The lowest BCUT2D eigenvalue weighted by Gasteiger charge is -2.14. The van der Waals surface area contributed by atoms with Crippen molar-refractivity contribution < 1.29 is 19.0 Å². The van der Waals surface area contributed by atoms with E-state index in [-0.39, 0.29) is 12.0 Å². The van der Waals surface area contributed by atoms with Gasteiger partial charge in [0.15, 0.2) is 11.5 Å². The minimum atomic E-state index is -0.108. The van der Waals surface area contributed by atoms with Crippen molar-refractivity contribution >= 4 is 5.91 Å². The van der Waals surface area contributed by atoms with E-state index in [1.54, 1.807) is 12.1 Å². The fourth-order valence-corrected chi connectivity index (χ4v) is 2.42. The Bertz CT molecular complexity index is 498. The molecule has 1 aromatic rings. The number of benzene rings is 1. The monoisotopic (exact) mass is 321 g/mol. The Morgan fingerprint density at radius 1 is 1.22 bits per heavy atom. The zero-order valence-electron chi connectivity index (χ0n) is 14.1. The van der Waals surface area contributed by atoms with Gasteiger partial charge in [0.1, 0.15) is 0 Å². The van der Waals surface area contributed by atoms with Gasteiger partial charge in [0.25, 0.3) is 5.91 Å². The van der Waals surface area contributed by atoms with Crippen molar-refractivity contribution in [3.05, 3.63) is 23.8 Å². The molecule has 0 radical (unpaired) electrons. The Hall–Kier alpha value is -1.75. The second kappa shape index (κ2) is 9.40. The van der Waals surface area contributed by atoms with Crippen LogP contribution >= 0.6 is 0 Å². The Kier molecular flexibility index (Phi) is 7.20. The van der Waals surface area contributed by atoms with Crippen LogP contribution in [-0.2, 0) is 4.74 Å². The topological polar surface area (TPSA) is 56.8 Å². The molecule has 0 saturated carbocycles. The number of hydrogen-bond acceptors (Lipinski definition) is 4. The molecule has 1 amide bonds. The van der Waals surface area contributed by atoms with E-state index in [1.807, 2.05) is 13.0 Å². The summed E-state index contributed by atoms with van der Waals surface area (Å²) in [5.41, 5.74) is 0.581. The van der Waals surface area contributed by atoms with Crippen molar-refractivity contribution in [2.45, 2.75) is 45.6 Å². The Morgan fingerprint density at radius 2 is 1.96 bits per heavy atom. The quantitative estimate of drug-likeness (QED) is 0.759. The van der Waals surface area contributed by atoms with Gasteiger partial charge >= 0.3 is 0 Å². The van der Waals surface area contributed by atoms with Crippen molar-refractivity contribution in [1.29, 1.82) is 0 Å². The minimum Gasteiger partial charge on any atom is -0.490 e. The highest BCUT2D eigenvalue weighted by molar-refractivity contribution is 5.94. The highest BCUT2D eigenvalue weighted by Gasteiger charge is 2.17. The van der Waals surface area contributed by atoms with Crippen LogP contribution in [0.15, 0.2) is 18.2 Å². The minimum absolute atomic E-state index is 0.108. The molecule has 1 atom stereocenters. The molecule has 0 aromatic heterocycles. The molecule has 1 fully saturated rings. The highest BCUT2D eigenvalue weighted by Crippen LogP contribution is 2.29. The van der Waals surface area contributed by atoms with Crippen LogP contribution in [0.5, 0.6) is 11.5 Å². The molecule has 1 aliphatic heterocycles. The molecule has 1 heterocycles. The fourth-order valence-electron chi connectivity index (χ4n) is 2.42. The Morgan fingerprint density at radius 3 is 2.61 bits per heavy atom. The molecule has 1 aromatic carbocycles. The third kappa shape index (κ3) is 5.43. The molecule has 2 rings (SSSR count). The number of carbonyl (C=O) groups excluding carboxylic acids is 1. The molecule has 128 valence electrons. The summed E-state index contributed by atoms with van der Waals surface area (Å²) in [6.45, 7) is 6.68. The van der Waals surface area contributed by atoms with E-state index < -0.39 is 0 Å². The summed E-state index contributed by atoms with van der Waals surface area (Å²) in [4.78, 5) is 12.3. The van der Waals surface area contributed by atoms with Crippen LogP contribution in [0, 0.1) is 0 Å². The van der Waals surface area contributed by atoms with Crippen molar-refractivity contribution in [2.24, 2.45) is 0 Å². The number of rotatable bonds is 9. The molecule has 1 saturated heterocycles. The van der Waals surface area contributed by atoms with Crippen LogP contribution in [0.25, 0.3) is 0 Å². The van der Waals surface area contributed by atoms with Gasteiger partial charge in [0.2, 0.25) is 0 Å². The molecule has 1 N–H and O–H groups in total. The normalized spacial score (nSPS) is 17.0. The number of carbonyl (C=O) groups is 1. The molecule has 0 bridgehead atoms. The van der Waals surface area contributed by atoms with Gasteiger partial charge in [-0.1, -0.05) is 13.8 Å². The summed E-state index contributed by atoms with van der Waals surface area (Å²) in [5.74, 6) is 1.21. The molecular weight excluding hydrogens is 294 g/mol. The van der Waals surface area contributed by atoms with Gasteiger partial charge in [-0.3, -0.25) is 4.79 Å². The van der Waals surface area contributed by atoms with E-state index >= 15 is 0 Å². The number of ether oxygens (including phenoxy) is 3. The molecule has 5 nitrogen and oxygen atoms in total. The lowest BCUT2D eigenvalue weighted by molar-refractivity contribution is 0.0857. The van der Waals surface area contributed by atoms with E-state index in [1.165, 1.54) is 0 Å². The first kappa shape index (κ1) is 17.6. The van der Waals surface area contributed by atoms with E-state index in [2.05, 4.69) is 12.2 Å². The zero-order valence-corrected chi connectivity index (χ0v) is 14.1. The van der Waals surface area contributed by atoms with E-state index in [0.717, 1.165) is 32.3 Å². The number of amides is 1. The van der Waals surface area contributed by atoms with Gasteiger partial charge in [-0.2, -0.15) is 0 Å². The zero-order chi connectivity index (χ0) is 16.5. The summed E-state index contributed by atoms with van der Waals surface area (Å²) >= 11 is 0. The molecule has 0 spiro atoms. The van der Waals surface area contributed by atoms with E-state index in [9.17, 15) is 4.79 Å². The van der Waals surface area contributed by atoms with Crippen LogP contribution in [-0.4, -0.2) is 38.4 Å². The number of nitrogens with one attached hydrogen (secondary N) is 1. The summed E-state index contributed by atoms with van der Waals surface area (Å²) in [6.07, 6.45) is 4.05. The van der Waals surface area contributed by atoms with Crippen LogP contribution in [0.3, 0.4) is 0 Å². The second-order valence-corrected chi connectivity index (χ2v) is 5.70. The lowest BCUT2D eigenvalue weighted by atomic mass is 10.1. The average molecular weight is 321 g/mol. The third-order valence-corrected chi connectivity index (χ3v) is 3.64. The van der Waals surface area contributed by atoms with Crippen LogP contribution < -0.4 is 14.8 Å². The van der Waals surface area contributed by atoms with Crippen LogP contribution in [0.1, 0.15) is 49.9 Å². The first-order valence-electron chi connectivity index (χ1n) is 8.54. The van der Waals surface area contributed by atoms with Crippen molar-refractivity contribution in [3.63, 3.8) is 0 Å².